The van der Waals surface area contributed by atoms with E-state index in [9.17, 15) is 0 Å². The Kier molecular flexibility index (Phi) is 4.48. The molecule has 2 N–H and O–H groups in total. The molecule has 1 aliphatic heterocycles. The van der Waals surface area contributed by atoms with E-state index in [1.807, 2.05) is 18.2 Å². The summed E-state index contributed by atoms with van der Waals surface area (Å²) in [6.07, 6.45) is 0. The zero-order valence-corrected chi connectivity index (χ0v) is 10.7. The Morgan fingerprint density at radius 2 is 1.94 bits per heavy atom. The highest BCUT2D eigenvalue weighted by Gasteiger charge is 2.20. The van der Waals surface area contributed by atoms with Gasteiger partial charge in [0.2, 0.25) is 0 Å². The molecule has 0 bridgehead atoms. The largest absolute Gasteiger partial charge is 0.393 e. The number of nitrogens with zero attached hydrogens (tertiary/aromatic N) is 1. The Hall–Kier alpha value is -0.970. The molecule has 0 aliphatic carbocycles. The van der Waals surface area contributed by atoms with Gasteiger partial charge in [-0.3, -0.25) is 4.90 Å². The molecule has 92 valence electrons. The van der Waals surface area contributed by atoms with Crippen LogP contribution in [0.4, 0.5) is 0 Å². The predicted octanol–water partition coefficient (Wildman–Crippen LogP) is 1.39. The molecule has 1 heterocycles. The molecule has 17 heavy (non-hydrogen) atoms. The maximum absolute atomic E-state index is 5.86. The van der Waals surface area contributed by atoms with Gasteiger partial charge in [-0.25, -0.2) is 0 Å². The van der Waals surface area contributed by atoms with Crippen LogP contribution in [0.1, 0.15) is 11.5 Å². The van der Waals surface area contributed by atoms with Crippen molar-refractivity contribution < 1.29 is 4.74 Å². The third kappa shape index (κ3) is 3.49. The highest BCUT2D eigenvalue weighted by molar-refractivity contribution is 7.80. The van der Waals surface area contributed by atoms with Crippen molar-refractivity contribution in [3.8, 4) is 0 Å². The van der Waals surface area contributed by atoms with Crippen LogP contribution in [-0.4, -0.2) is 42.7 Å². The van der Waals surface area contributed by atoms with Gasteiger partial charge in [0.25, 0.3) is 0 Å². The summed E-state index contributed by atoms with van der Waals surface area (Å²) in [7, 11) is 0. The minimum Gasteiger partial charge on any atom is -0.393 e. The van der Waals surface area contributed by atoms with E-state index in [0.717, 1.165) is 32.8 Å². The molecule has 1 saturated heterocycles. The average molecular weight is 250 g/mol. The van der Waals surface area contributed by atoms with Gasteiger partial charge in [0.1, 0.15) is 0 Å². The second-order valence-corrected chi connectivity index (χ2v) is 4.75. The first-order valence-electron chi connectivity index (χ1n) is 5.92. The van der Waals surface area contributed by atoms with Gasteiger partial charge in [-0.15, -0.1) is 0 Å². The summed E-state index contributed by atoms with van der Waals surface area (Å²) in [6.45, 7) is 4.43. The van der Waals surface area contributed by atoms with Crippen molar-refractivity contribution in [1.29, 1.82) is 0 Å². The summed E-state index contributed by atoms with van der Waals surface area (Å²) in [5, 5.41) is 0. The van der Waals surface area contributed by atoms with E-state index in [1.54, 1.807) is 0 Å². The molecule has 4 heteroatoms. The topological polar surface area (TPSA) is 38.5 Å². The first-order valence-corrected chi connectivity index (χ1v) is 6.32. The van der Waals surface area contributed by atoms with Gasteiger partial charge < -0.3 is 10.5 Å². The first kappa shape index (κ1) is 12.5. The van der Waals surface area contributed by atoms with E-state index in [4.69, 9.17) is 22.7 Å². The van der Waals surface area contributed by atoms with Gasteiger partial charge in [0.15, 0.2) is 0 Å². The molecule has 1 atom stereocenters. The fraction of sp³-hybridized carbons (Fsp3) is 0.462. The second kappa shape index (κ2) is 6.10. The fourth-order valence-electron chi connectivity index (χ4n) is 2.09. The monoisotopic (exact) mass is 250 g/mol. The Balaban J connectivity index is 2.05. The van der Waals surface area contributed by atoms with Crippen LogP contribution in [0, 0.1) is 0 Å². The van der Waals surface area contributed by atoms with Crippen LogP contribution in [-0.2, 0) is 4.74 Å². The Morgan fingerprint density at radius 1 is 1.29 bits per heavy atom. The molecule has 2 rings (SSSR count). The molecule has 3 nitrogen and oxygen atoms in total. The van der Waals surface area contributed by atoms with E-state index in [0.29, 0.717) is 4.99 Å². The lowest BCUT2D eigenvalue weighted by atomic mass is 9.98. The summed E-state index contributed by atoms with van der Waals surface area (Å²) >= 11 is 5.19. The van der Waals surface area contributed by atoms with E-state index >= 15 is 0 Å². The SMILES string of the molecule is NC(=S)C(CN1CCOCC1)c1ccccc1. The van der Waals surface area contributed by atoms with Crippen LogP contribution in [0.5, 0.6) is 0 Å². The number of morpholine rings is 1. The van der Waals surface area contributed by atoms with Gasteiger partial charge in [0.05, 0.1) is 18.2 Å². The Bertz CT molecular complexity index is 363. The van der Waals surface area contributed by atoms with E-state index in [1.165, 1.54) is 5.56 Å². The molecule has 1 fully saturated rings. The molecular formula is C13H18N2OS. The standard InChI is InChI=1S/C13H18N2OS/c14-13(17)12(11-4-2-1-3-5-11)10-15-6-8-16-9-7-15/h1-5,12H,6-10H2,(H2,14,17). The number of hydrogen-bond donors (Lipinski definition) is 1. The third-order valence-corrected chi connectivity index (χ3v) is 3.37. The summed E-state index contributed by atoms with van der Waals surface area (Å²) in [5.41, 5.74) is 7.06. The van der Waals surface area contributed by atoms with Crippen molar-refractivity contribution in [2.24, 2.45) is 5.73 Å². The van der Waals surface area contributed by atoms with E-state index in [-0.39, 0.29) is 5.92 Å². The van der Waals surface area contributed by atoms with Crippen LogP contribution in [0.2, 0.25) is 0 Å². The predicted molar refractivity (Wildman–Crippen MR) is 73.2 cm³/mol. The van der Waals surface area contributed by atoms with Gasteiger partial charge >= 0.3 is 0 Å². The first-order chi connectivity index (χ1) is 8.27. The lowest BCUT2D eigenvalue weighted by Gasteiger charge is -2.30. The van der Waals surface area contributed by atoms with E-state index < -0.39 is 0 Å². The molecule has 1 unspecified atom stereocenters. The van der Waals surface area contributed by atoms with Crippen molar-refractivity contribution in [3.63, 3.8) is 0 Å². The average Bonchev–Trinajstić information content (AvgIpc) is 2.38. The molecular weight excluding hydrogens is 232 g/mol. The Labute approximate surface area is 108 Å². The molecule has 0 radical (unpaired) electrons. The normalized spacial score (nSPS) is 18.8. The number of ether oxygens (including phenoxy) is 1. The lowest BCUT2D eigenvalue weighted by molar-refractivity contribution is 0.0374. The maximum atomic E-state index is 5.86. The highest BCUT2D eigenvalue weighted by Crippen LogP contribution is 2.18. The minimum absolute atomic E-state index is 0.143. The summed E-state index contributed by atoms with van der Waals surface area (Å²) < 4.78 is 5.34. The van der Waals surface area contributed by atoms with Crippen LogP contribution in [0.3, 0.4) is 0 Å². The fourth-order valence-corrected chi connectivity index (χ4v) is 2.30. The number of benzene rings is 1. The van der Waals surface area contributed by atoms with Crippen molar-refractivity contribution in [1.82, 2.24) is 4.90 Å². The number of rotatable bonds is 4. The smallest absolute Gasteiger partial charge is 0.0816 e. The Morgan fingerprint density at radius 3 is 2.53 bits per heavy atom. The quantitative estimate of drug-likeness (QED) is 0.820. The lowest BCUT2D eigenvalue weighted by Crippen LogP contribution is -2.41. The highest BCUT2D eigenvalue weighted by atomic mass is 32.1. The van der Waals surface area contributed by atoms with Crippen LogP contribution >= 0.6 is 12.2 Å². The zero-order chi connectivity index (χ0) is 12.1. The zero-order valence-electron chi connectivity index (χ0n) is 9.84. The van der Waals surface area contributed by atoms with Crippen molar-refractivity contribution in [3.05, 3.63) is 35.9 Å². The van der Waals surface area contributed by atoms with Crippen LogP contribution < -0.4 is 5.73 Å². The molecule has 1 aliphatic rings. The summed E-state index contributed by atoms with van der Waals surface area (Å²) in [6, 6.07) is 10.2. The molecule has 1 aromatic rings. The molecule has 0 saturated carbocycles. The maximum Gasteiger partial charge on any atom is 0.0816 e. The molecule has 0 spiro atoms. The number of thiocarbonyl (C=S) groups is 1. The van der Waals surface area contributed by atoms with Crippen LogP contribution in [0.25, 0.3) is 0 Å². The summed E-state index contributed by atoms with van der Waals surface area (Å²) in [5.74, 6) is 0.143. The summed E-state index contributed by atoms with van der Waals surface area (Å²) in [4.78, 5) is 2.93. The van der Waals surface area contributed by atoms with Crippen molar-refractivity contribution >= 4 is 17.2 Å². The van der Waals surface area contributed by atoms with Gasteiger partial charge in [-0.1, -0.05) is 42.5 Å². The van der Waals surface area contributed by atoms with E-state index in [2.05, 4.69) is 17.0 Å². The number of nitrogens with two attached hydrogens (primary N) is 1. The number of hydrogen-bond acceptors (Lipinski definition) is 3. The van der Waals surface area contributed by atoms with Crippen molar-refractivity contribution in [2.75, 3.05) is 32.8 Å². The van der Waals surface area contributed by atoms with Crippen LogP contribution in [0.15, 0.2) is 30.3 Å². The molecule has 0 aromatic heterocycles. The third-order valence-electron chi connectivity index (χ3n) is 3.09. The van der Waals surface area contributed by atoms with Gasteiger partial charge in [-0.05, 0) is 5.56 Å². The van der Waals surface area contributed by atoms with Crippen molar-refractivity contribution in [2.45, 2.75) is 5.92 Å². The van der Waals surface area contributed by atoms with Gasteiger partial charge in [0, 0.05) is 25.6 Å². The molecule has 1 aromatic carbocycles. The van der Waals surface area contributed by atoms with Gasteiger partial charge in [-0.2, -0.15) is 0 Å². The molecule has 0 amide bonds. The second-order valence-electron chi connectivity index (χ2n) is 4.28. The minimum atomic E-state index is 0.143.